The molecule has 0 bridgehead atoms. The summed E-state index contributed by atoms with van der Waals surface area (Å²) in [5, 5.41) is 6.98. The number of thiocarbonyl (C=S) groups is 1. The molecule has 0 aromatic carbocycles. The third kappa shape index (κ3) is 5.32. The van der Waals surface area contributed by atoms with Crippen LogP contribution in [0.25, 0.3) is 0 Å². The maximum absolute atomic E-state index is 5.10. The van der Waals surface area contributed by atoms with E-state index in [9.17, 15) is 0 Å². The fraction of sp³-hybridized carbons (Fsp3) is 0.455. The second kappa shape index (κ2) is 6.35. The van der Waals surface area contributed by atoms with Crippen molar-refractivity contribution in [2.75, 3.05) is 6.54 Å². The molecule has 0 fully saturated rings. The van der Waals surface area contributed by atoms with Crippen LogP contribution in [0.4, 0.5) is 0 Å². The summed E-state index contributed by atoms with van der Waals surface area (Å²) in [7, 11) is 0. The van der Waals surface area contributed by atoms with E-state index < -0.39 is 0 Å². The quantitative estimate of drug-likeness (QED) is 0.759. The van der Waals surface area contributed by atoms with Gasteiger partial charge in [-0.1, -0.05) is 6.07 Å². The molecular weight excluding hydrogens is 206 g/mol. The van der Waals surface area contributed by atoms with Crippen LogP contribution in [-0.4, -0.2) is 22.7 Å². The molecule has 0 saturated heterocycles. The summed E-state index contributed by atoms with van der Waals surface area (Å²) >= 11 is 5.10. The number of nitrogens with zero attached hydrogens (tertiary/aromatic N) is 1. The average molecular weight is 223 g/mol. The molecule has 0 aliphatic rings. The van der Waals surface area contributed by atoms with E-state index in [1.165, 1.54) is 0 Å². The Hall–Kier alpha value is -1.16. The van der Waals surface area contributed by atoms with Crippen LogP contribution in [-0.2, 0) is 6.42 Å². The molecule has 0 atom stereocenters. The summed E-state index contributed by atoms with van der Waals surface area (Å²) in [5.74, 6) is 0. The molecule has 1 rings (SSSR count). The first-order valence-corrected chi connectivity index (χ1v) is 5.53. The van der Waals surface area contributed by atoms with Gasteiger partial charge in [-0.05, 0) is 38.2 Å². The molecule has 4 heteroatoms. The van der Waals surface area contributed by atoms with Crippen LogP contribution in [0.5, 0.6) is 0 Å². The molecule has 1 heterocycles. The zero-order valence-corrected chi connectivity index (χ0v) is 9.97. The molecule has 0 aliphatic heterocycles. The smallest absolute Gasteiger partial charge is 0.166 e. The molecule has 82 valence electrons. The van der Waals surface area contributed by atoms with E-state index in [1.54, 1.807) is 6.20 Å². The number of pyridine rings is 1. The summed E-state index contributed by atoms with van der Waals surface area (Å²) in [4.78, 5) is 4.23. The summed E-state index contributed by atoms with van der Waals surface area (Å²) < 4.78 is 0. The Morgan fingerprint density at radius 2 is 2.27 bits per heavy atom. The van der Waals surface area contributed by atoms with E-state index in [0.717, 1.165) is 18.7 Å². The summed E-state index contributed by atoms with van der Waals surface area (Å²) in [5.41, 5.74) is 1.08. The highest BCUT2D eigenvalue weighted by atomic mass is 32.1. The average Bonchev–Trinajstić information content (AvgIpc) is 2.18. The molecule has 0 spiro atoms. The Balaban J connectivity index is 2.19. The Bertz CT molecular complexity index is 298. The van der Waals surface area contributed by atoms with Gasteiger partial charge in [0.2, 0.25) is 0 Å². The Morgan fingerprint density at radius 1 is 1.47 bits per heavy atom. The minimum atomic E-state index is 0.375. The lowest BCUT2D eigenvalue weighted by Crippen LogP contribution is -2.40. The van der Waals surface area contributed by atoms with Crippen LogP contribution in [0, 0.1) is 0 Å². The Kier molecular flexibility index (Phi) is 5.04. The van der Waals surface area contributed by atoms with Gasteiger partial charge >= 0.3 is 0 Å². The molecule has 0 amide bonds. The van der Waals surface area contributed by atoms with Gasteiger partial charge in [-0.2, -0.15) is 0 Å². The third-order valence-electron chi connectivity index (χ3n) is 1.81. The van der Waals surface area contributed by atoms with E-state index >= 15 is 0 Å². The minimum absolute atomic E-state index is 0.375. The summed E-state index contributed by atoms with van der Waals surface area (Å²) in [6.07, 6.45) is 2.70. The third-order valence-corrected chi connectivity index (χ3v) is 2.07. The van der Waals surface area contributed by atoms with E-state index in [1.807, 2.05) is 18.2 Å². The molecular formula is C11H17N3S. The van der Waals surface area contributed by atoms with Gasteiger partial charge in [0.1, 0.15) is 0 Å². The predicted molar refractivity (Wildman–Crippen MR) is 66.8 cm³/mol. The van der Waals surface area contributed by atoms with E-state index in [4.69, 9.17) is 12.2 Å². The van der Waals surface area contributed by atoms with Crippen molar-refractivity contribution < 1.29 is 0 Å². The van der Waals surface area contributed by atoms with Gasteiger partial charge in [0.05, 0.1) is 0 Å². The Labute approximate surface area is 96.3 Å². The highest BCUT2D eigenvalue weighted by molar-refractivity contribution is 7.80. The number of hydrogen-bond acceptors (Lipinski definition) is 2. The first kappa shape index (κ1) is 11.9. The maximum atomic E-state index is 5.10. The summed E-state index contributed by atoms with van der Waals surface area (Å²) in [6, 6.07) is 6.30. The topological polar surface area (TPSA) is 37.0 Å². The van der Waals surface area contributed by atoms with Crippen molar-refractivity contribution in [3.8, 4) is 0 Å². The minimum Gasteiger partial charge on any atom is -0.362 e. The van der Waals surface area contributed by atoms with Crippen LogP contribution in [0.15, 0.2) is 24.4 Å². The van der Waals surface area contributed by atoms with Crippen LogP contribution < -0.4 is 10.6 Å². The highest BCUT2D eigenvalue weighted by Crippen LogP contribution is 1.92. The number of aromatic nitrogens is 1. The normalized spacial score (nSPS) is 10.1. The van der Waals surface area contributed by atoms with Crippen LogP contribution in [0.1, 0.15) is 19.5 Å². The second-order valence-corrected chi connectivity index (χ2v) is 4.03. The lowest BCUT2D eigenvalue weighted by atomic mass is 10.3. The SMILES string of the molecule is CC(C)NC(=S)NCCc1ccccn1. The van der Waals surface area contributed by atoms with Gasteiger partial charge in [0.25, 0.3) is 0 Å². The fourth-order valence-electron chi connectivity index (χ4n) is 1.16. The molecule has 0 radical (unpaired) electrons. The highest BCUT2D eigenvalue weighted by Gasteiger charge is 1.97. The van der Waals surface area contributed by atoms with Gasteiger partial charge in [-0.25, -0.2) is 0 Å². The van der Waals surface area contributed by atoms with Crippen molar-refractivity contribution in [2.24, 2.45) is 0 Å². The first-order chi connectivity index (χ1) is 7.18. The van der Waals surface area contributed by atoms with Gasteiger partial charge < -0.3 is 10.6 Å². The lowest BCUT2D eigenvalue weighted by molar-refractivity contribution is 0.709. The number of rotatable bonds is 4. The van der Waals surface area contributed by atoms with Crippen LogP contribution >= 0.6 is 12.2 Å². The molecule has 2 N–H and O–H groups in total. The van der Waals surface area contributed by atoms with Crippen molar-refractivity contribution in [3.63, 3.8) is 0 Å². The van der Waals surface area contributed by atoms with Crippen molar-refractivity contribution in [3.05, 3.63) is 30.1 Å². The van der Waals surface area contributed by atoms with E-state index in [-0.39, 0.29) is 0 Å². The van der Waals surface area contributed by atoms with Gasteiger partial charge in [0.15, 0.2) is 5.11 Å². The van der Waals surface area contributed by atoms with E-state index in [2.05, 4.69) is 29.5 Å². The molecule has 1 aromatic rings. The Morgan fingerprint density at radius 3 is 2.87 bits per heavy atom. The van der Waals surface area contributed by atoms with Crippen molar-refractivity contribution in [1.82, 2.24) is 15.6 Å². The van der Waals surface area contributed by atoms with Gasteiger partial charge in [-0.15, -0.1) is 0 Å². The van der Waals surface area contributed by atoms with Crippen molar-refractivity contribution >= 4 is 17.3 Å². The van der Waals surface area contributed by atoms with Crippen LogP contribution in [0.3, 0.4) is 0 Å². The fourth-order valence-corrected chi connectivity index (χ4v) is 1.50. The molecule has 0 unspecified atom stereocenters. The molecule has 3 nitrogen and oxygen atoms in total. The van der Waals surface area contributed by atoms with Crippen molar-refractivity contribution in [2.45, 2.75) is 26.3 Å². The zero-order chi connectivity index (χ0) is 11.1. The van der Waals surface area contributed by atoms with Gasteiger partial charge in [0, 0.05) is 30.9 Å². The molecule has 0 aliphatic carbocycles. The summed E-state index contributed by atoms with van der Waals surface area (Å²) in [6.45, 7) is 4.94. The standard InChI is InChI=1S/C11H17N3S/c1-9(2)14-11(15)13-8-6-10-5-3-4-7-12-10/h3-5,7,9H,6,8H2,1-2H3,(H2,13,14,15). The van der Waals surface area contributed by atoms with E-state index in [0.29, 0.717) is 11.2 Å². The van der Waals surface area contributed by atoms with Crippen LogP contribution in [0.2, 0.25) is 0 Å². The largest absolute Gasteiger partial charge is 0.362 e. The zero-order valence-electron chi connectivity index (χ0n) is 9.16. The monoisotopic (exact) mass is 223 g/mol. The van der Waals surface area contributed by atoms with Gasteiger partial charge in [-0.3, -0.25) is 4.98 Å². The number of nitrogens with one attached hydrogen (secondary N) is 2. The molecule has 1 aromatic heterocycles. The molecule has 0 saturated carbocycles. The number of hydrogen-bond donors (Lipinski definition) is 2. The lowest BCUT2D eigenvalue weighted by Gasteiger charge is -2.12. The first-order valence-electron chi connectivity index (χ1n) is 5.13. The van der Waals surface area contributed by atoms with Crippen molar-refractivity contribution in [1.29, 1.82) is 0 Å². The second-order valence-electron chi connectivity index (χ2n) is 3.63. The maximum Gasteiger partial charge on any atom is 0.166 e. The molecule has 15 heavy (non-hydrogen) atoms. The predicted octanol–water partition coefficient (Wildman–Crippen LogP) is 1.50.